The van der Waals surface area contributed by atoms with E-state index in [0.29, 0.717) is 29.6 Å². The van der Waals surface area contributed by atoms with Gasteiger partial charge < -0.3 is 14.0 Å². The SMILES string of the molecule is Cn1cccc1C(=O)N1CCC(CCc2noc(-c3ccc(F)cc3)n2)C1. The van der Waals surface area contributed by atoms with Crippen molar-refractivity contribution < 1.29 is 13.7 Å². The molecule has 1 aliphatic heterocycles. The molecule has 1 amide bonds. The van der Waals surface area contributed by atoms with E-state index in [2.05, 4.69) is 10.1 Å². The van der Waals surface area contributed by atoms with Crippen molar-refractivity contribution in [2.75, 3.05) is 13.1 Å². The summed E-state index contributed by atoms with van der Waals surface area (Å²) in [6.45, 7) is 1.54. The monoisotopic (exact) mass is 368 g/mol. The molecule has 0 N–H and O–H groups in total. The van der Waals surface area contributed by atoms with E-state index >= 15 is 0 Å². The predicted molar refractivity (Wildman–Crippen MR) is 97.4 cm³/mol. The number of amides is 1. The van der Waals surface area contributed by atoms with Crippen molar-refractivity contribution >= 4 is 5.91 Å². The maximum Gasteiger partial charge on any atom is 0.270 e. The van der Waals surface area contributed by atoms with Gasteiger partial charge >= 0.3 is 0 Å². The zero-order valence-corrected chi connectivity index (χ0v) is 15.1. The summed E-state index contributed by atoms with van der Waals surface area (Å²) in [5, 5.41) is 4.02. The predicted octanol–water partition coefficient (Wildman–Crippen LogP) is 3.31. The highest BCUT2D eigenvalue weighted by Gasteiger charge is 2.28. The Kier molecular flexibility index (Phi) is 4.75. The Hall–Kier alpha value is -2.96. The molecule has 0 radical (unpaired) electrons. The Labute approximate surface area is 156 Å². The van der Waals surface area contributed by atoms with E-state index in [1.54, 1.807) is 12.1 Å². The Morgan fingerprint density at radius 1 is 1.30 bits per heavy atom. The average molecular weight is 368 g/mol. The molecule has 4 rings (SSSR count). The van der Waals surface area contributed by atoms with E-state index in [1.165, 1.54) is 12.1 Å². The summed E-state index contributed by atoms with van der Waals surface area (Å²) in [5.74, 6) is 1.26. The second-order valence-corrected chi connectivity index (χ2v) is 6.97. The topological polar surface area (TPSA) is 64.2 Å². The first-order valence-corrected chi connectivity index (χ1v) is 9.09. The number of likely N-dealkylation sites (tertiary alicyclic amines) is 1. The average Bonchev–Trinajstić information content (AvgIpc) is 3.41. The molecule has 0 bridgehead atoms. The second kappa shape index (κ2) is 7.34. The Morgan fingerprint density at radius 2 is 2.11 bits per heavy atom. The lowest BCUT2D eigenvalue weighted by atomic mass is 10.0. The molecule has 2 aromatic heterocycles. The number of rotatable bonds is 5. The maximum absolute atomic E-state index is 13.0. The van der Waals surface area contributed by atoms with Crippen LogP contribution in [0, 0.1) is 11.7 Å². The first-order valence-electron chi connectivity index (χ1n) is 9.09. The number of aryl methyl sites for hydroxylation is 2. The second-order valence-electron chi connectivity index (χ2n) is 6.97. The van der Waals surface area contributed by atoms with Crippen molar-refractivity contribution in [3.8, 4) is 11.5 Å². The minimum Gasteiger partial charge on any atom is -0.347 e. The highest BCUT2D eigenvalue weighted by Crippen LogP contribution is 2.24. The van der Waals surface area contributed by atoms with Gasteiger partial charge in [0.1, 0.15) is 11.5 Å². The third-order valence-electron chi connectivity index (χ3n) is 5.07. The summed E-state index contributed by atoms with van der Waals surface area (Å²) < 4.78 is 20.1. The maximum atomic E-state index is 13.0. The summed E-state index contributed by atoms with van der Waals surface area (Å²) in [5.41, 5.74) is 1.42. The molecule has 27 heavy (non-hydrogen) atoms. The molecule has 140 valence electrons. The van der Waals surface area contributed by atoms with Crippen LogP contribution in [0.25, 0.3) is 11.5 Å². The van der Waals surface area contributed by atoms with E-state index in [-0.39, 0.29) is 11.7 Å². The van der Waals surface area contributed by atoms with Gasteiger partial charge in [-0.15, -0.1) is 0 Å². The fraction of sp³-hybridized carbons (Fsp3) is 0.350. The van der Waals surface area contributed by atoms with Crippen molar-refractivity contribution in [3.63, 3.8) is 0 Å². The largest absolute Gasteiger partial charge is 0.347 e. The van der Waals surface area contributed by atoms with Gasteiger partial charge in [-0.05, 0) is 55.2 Å². The van der Waals surface area contributed by atoms with Crippen LogP contribution in [0.1, 0.15) is 29.2 Å². The fourth-order valence-electron chi connectivity index (χ4n) is 3.50. The van der Waals surface area contributed by atoms with Crippen molar-refractivity contribution in [1.29, 1.82) is 0 Å². The Balaban J connectivity index is 1.32. The van der Waals surface area contributed by atoms with E-state index in [0.717, 1.165) is 31.6 Å². The minimum atomic E-state index is -0.297. The summed E-state index contributed by atoms with van der Waals surface area (Å²) >= 11 is 0. The van der Waals surface area contributed by atoms with E-state index in [1.807, 2.05) is 34.8 Å². The molecule has 3 aromatic rings. The number of aromatic nitrogens is 3. The van der Waals surface area contributed by atoms with Crippen LogP contribution < -0.4 is 0 Å². The Morgan fingerprint density at radius 3 is 2.85 bits per heavy atom. The van der Waals surface area contributed by atoms with Gasteiger partial charge in [-0.25, -0.2) is 4.39 Å². The fourth-order valence-corrected chi connectivity index (χ4v) is 3.50. The highest BCUT2D eigenvalue weighted by molar-refractivity contribution is 5.92. The highest BCUT2D eigenvalue weighted by atomic mass is 19.1. The van der Waals surface area contributed by atoms with Crippen LogP contribution in [0.15, 0.2) is 47.1 Å². The molecule has 7 heteroatoms. The number of hydrogen-bond donors (Lipinski definition) is 0. The zero-order valence-electron chi connectivity index (χ0n) is 15.1. The summed E-state index contributed by atoms with van der Waals surface area (Å²) in [6.07, 6.45) is 4.47. The normalized spacial score (nSPS) is 16.8. The van der Waals surface area contributed by atoms with Crippen LogP contribution in [-0.4, -0.2) is 38.6 Å². The van der Waals surface area contributed by atoms with Gasteiger partial charge in [-0.3, -0.25) is 4.79 Å². The van der Waals surface area contributed by atoms with Crippen LogP contribution >= 0.6 is 0 Å². The van der Waals surface area contributed by atoms with Crippen molar-refractivity contribution in [2.24, 2.45) is 13.0 Å². The van der Waals surface area contributed by atoms with Crippen molar-refractivity contribution in [2.45, 2.75) is 19.3 Å². The van der Waals surface area contributed by atoms with E-state index in [4.69, 9.17) is 4.52 Å². The van der Waals surface area contributed by atoms with Gasteiger partial charge in [0, 0.05) is 38.3 Å². The number of carbonyl (C=O) groups is 1. The van der Waals surface area contributed by atoms with Crippen LogP contribution in [0.3, 0.4) is 0 Å². The first kappa shape index (κ1) is 17.5. The molecule has 1 aliphatic rings. The lowest BCUT2D eigenvalue weighted by Crippen LogP contribution is -2.30. The minimum absolute atomic E-state index is 0.0863. The van der Waals surface area contributed by atoms with Crippen LogP contribution in [0.5, 0.6) is 0 Å². The molecule has 1 saturated heterocycles. The molecule has 6 nitrogen and oxygen atoms in total. The quantitative estimate of drug-likeness (QED) is 0.693. The Bertz CT molecular complexity index is 932. The number of hydrogen-bond acceptors (Lipinski definition) is 4. The number of halogens is 1. The van der Waals surface area contributed by atoms with Gasteiger partial charge in [0.2, 0.25) is 0 Å². The molecule has 0 saturated carbocycles. The molecule has 0 spiro atoms. The van der Waals surface area contributed by atoms with Crippen LogP contribution in [-0.2, 0) is 13.5 Å². The molecule has 3 heterocycles. The van der Waals surface area contributed by atoms with Crippen molar-refractivity contribution in [3.05, 3.63) is 59.9 Å². The molecule has 0 aliphatic carbocycles. The molecular formula is C20H21FN4O2. The summed E-state index contributed by atoms with van der Waals surface area (Å²) in [4.78, 5) is 18.9. The lowest BCUT2D eigenvalue weighted by Gasteiger charge is -2.16. The molecule has 1 atom stereocenters. The van der Waals surface area contributed by atoms with Gasteiger partial charge in [0.15, 0.2) is 5.82 Å². The van der Waals surface area contributed by atoms with Gasteiger partial charge in [0.05, 0.1) is 0 Å². The summed E-state index contributed by atoms with van der Waals surface area (Å²) in [6, 6.07) is 9.72. The number of benzene rings is 1. The summed E-state index contributed by atoms with van der Waals surface area (Å²) in [7, 11) is 1.88. The third kappa shape index (κ3) is 3.77. The van der Waals surface area contributed by atoms with Gasteiger partial charge in [-0.2, -0.15) is 4.98 Å². The van der Waals surface area contributed by atoms with E-state index in [9.17, 15) is 9.18 Å². The number of carbonyl (C=O) groups excluding carboxylic acids is 1. The molecular weight excluding hydrogens is 347 g/mol. The van der Waals surface area contributed by atoms with Crippen LogP contribution in [0.4, 0.5) is 4.39 Å². The first-order chi connectivity index (χ1) is 13.1. The van der Waals surface area contributed by atoms with Gasteiger partial charge in [-0.1, -0.05) is 5.16 Å². The van der Waals surface area contributed by atoms with Crippen molar-refractivity contribution in [1.82, 2.24) is 19.6 Å². The standard InChI is InChI=1S/C20H21FN4O2/c1-24-11-2-3-17(24)20(26)25-12-10-14(13-25)4-9-18-22-19(27-23-18)15-5-7-16(21)8-6-15/h2-3,5-8,11,14H,4,9-10,12-13H2,1H3. The smallest absolute Gasteiger partial charge is 0.270 e. The van der Waals surface area contributed by atoms with Gasteiger partial charge in [0.25, 0.3) is 11.8 Å². The third-order valence-corrected chi connectivity index (χ3v) is 5.07. The van der Waals surface area contributed by atoms with Crippen LogP contribution in [0.2, 0.25) is 0 Å². The van der Waals surface area contributed by atoms with E-state index < -0.39 is 0 Å². The molecule has 1 fully saturated rings. The lowest BCUT2D eigenvalue weighted by molar-refractivity contribution is 0.0777. The number of nitrogens with zero attached hydrogens (tertiary/aromatic N) is 4. The molecule has 1 unspecified atom stereocenters. The zero-order chi connectivity index (χ0) is 18.8. The molecule has 1 aromatic carbocycles.